The maximum absolute atomic E-state index is 12.0. The molecule has 0 radical (unpaired) electrons. The van der Waals surface area contributed by atoms with Crippen molar-refractivity contribution in [3.8, 4) is 0 Å². The van der Waals surface area contributed by atoms with Crippen molar-refractivity contribution in [2.75, 3.05) is 6.61 Å². The Hall–Kier alpha value is -3.04. The van der Waals surface area contributed by atoms with E-state index in [1.165, 1.54) is 0 Å². The molecule has 0 unspecified atom stereocenters. The maximum atomic E-state index is 12.0. The van der Waals surface area contributed by atoms with Crippen LogP contribution in [0.3, 0.4) is 0 Å². The summed E-state index contributed by atoms with van der Waals surface area (Å²) in [5, 5.41) is 2.43. The van der Waals surface area contributed by atoms with Crippen LogP contribution in [0.25, 0.3) is 0 Å². The zero-order valence-electron chi connectivity index (χ0n) is 20.8. The van der Waals surface area contributed by atoms with Crippen LogP contribution < -0.4 is 0 Å². The number of hydrogen-bond donors (Lipinski definition) is 1. The Kier molecular flexibility index (Phi) is 11.7. The molecular formula is C22H27NO13SSe. The van der Waals surface area contributed by atoms with Crippen LogP contribution in [-0.4, -0.2) is 92.4 Å². The van der Waals surface area contributed by atoms with Gasteiger partial charge >= 0.3 is 225 Å². The van der Waals surface area contributed by atoms with Gasteiger partial charge in [-0.15, -0.1) is 0 Å². The van der Waals surface area contributed by atoms with Crippen molar-refractivity contribution in [3.63, 3.8) is 0 Å². The van der Waals surface area contributed by atoms with E-state index in [-0.39, 0.29) is 11.0 Å². The Labute approximate surface area is 225 Å². The molecule has 0 amide bonds. The van der Waals surface area contributed by atoms with Crippen LogP contribution in [0, 0.1) is 0 Å². The first-order chi connectivity index (χ1) is 17.7. The van der Waals surface area contributed by atoms with Gasteiger partial charge in [0.25, 0.3) is 0 Å². The van der Waals surface area contributed by atoms with Gasteiger partial charge < -0.3 is 0 Å². The summed E-state index contributed by atoms with van der Waals surface area (Å²) < 4.78 is 62.9. The Morgan fingerprint density at radius 3 is 1.97 bits per heavy atom. The third kappa shape index (κ3) is 10.8. The van der Waals surface area contributed by atoms with E-state index in [1.807, 2.05) is 0 Å². The normalized spacial score (nSPS) is 23.6. The van der Waals surface area contributed by atoms with E-state index < -0.39 is 85.3 Å². The van der Waals surface area contributed by atoms with E-state index in [9.17, 15) is 27.6 Å². The Balaban J connectivity index is 2.53. The van der Waals surface area contributed by atoms with E-state index >= 15 is 0 Å². The molecule has 1 aliphatic heterocycles. The van der Waals surface area contributed by atoms with Gasteiger partial charge in [-0.2, -0.15) is 0 Å². The van der Waals surface area contributed by atoms with Crippen molar-refractivity contribution in [2.24, 2.45) is 5.16 Å². The molecule has 5 atom stereocenters. The summed E-state index contributed by atoms with van der Waals surface area (Å²) in [6.45, 7) is 4.02. The Morgan fingerprint density at radius 1 is 0.895 bits per heavy atom. The van der Waals surface area contributed by atoms with Gasteiger partial charge in [0.1, 0.15) is 0 Å². The first-order valence-corrected chi connectivity index (χ1v) is 14.2. The minimum absolute atomic E-state index is 0.0449. The van der Waals surface area contributed by atoms with Gasteiger partial charge in [-0.05, 0) is 0 Å². The second kappa shape index (κ2) is 14.2. The summed E-state index contributed by atoms with van der Waals surface area (Å²) in [5.74, 6) is -3.03. The molecule has 0 spiro atoms. The number of oxime groups is 1. The fourth-order valence-electron chi connectivity index (χ4n) is 3.37. The van der Waals surface area contributed by atoms with Crippen LogP contribution in [0.5, 0.6) is 0 Å². The average molecular weight is 624 g/mol. The van der Waals surface area contributed by atoms with Gasteiger partial charge in [-0.25, -0.2) is 0 Å². The average Bonchev–Trinajstić information content (AvgIpc) is 2.79. The summed E-state index contributed by atoms with van der Waals surface area (Å²) in [6.07, 6.45) is -5.20. The summed E-state index contributed by atoms with van der Waals surface area (Å²) >= 11 is -1.02. The molecule has 38 heavy (non-hydrogen) atoms. The standard InChI is InChI=1S/C22H27NO13SSe/c1-12(24)31-11-17-19(32-13(2)25)20(33-14(3)26)21(34-15(4)27)22(35-17)38-18(23-36-37(28,29)30)10-16-8-6-5-7-9-16/h5-9,17,19-22H,10-11H2,1-4H3,(H,28,29,30)/b23-18-/t17-,19-,20+,21-,22+/m1/s1. The number of esters is 4. The molecule has 0 saturated carbocycles. The van der Waals surface area contributed by atoms with Gasteiger partial charge in [0, 0.05) is 0 Å². The molecule has 1 heterocycles. The van der Waals surface area contributed by atoms with Crippen LogP contribution in [0.15, 0.2) is 35.5 Å². The van der Waals surface area contributed by atoms with Crippen molar-refractivity contribution in [3.05, 3.63) is 35.9 Å². The predicted octanol–water partition coefficient (Wildman–Crippen LogP) is 0.149. The number of rotatable bonds is 11. The summed E-state index contributed by atoms with van der Waals surface area (Å²) in [7, 11) is -4.95. The summed E-state index contributed by atoms with van der Waals surface area (Å²) in [5.41, 5.74) is 0.692. The van der Waals surface area contributed by atoms with Crippen LogP contribution >= 0.6 is 0 Å². The van der Waals surface area contributed by atoms with Crippen molar-refractivity contribution in [1.29, 1.82) is 0 Å². The van der Waals surface area contributed by atoms with Gasteiger partial charge in [-0.3, -0.25) is 0 Å². The number of carbonyl (C=O) groups is 4. The number of hydrogen-bond acceptors (Lipinski definition) is 13. The van der Waals surface area contributed by atoms with Crippen LogP contribution in [-0.2, 0) is 64.0 Å². The van der Waals surface area contributed by atoms with E-state index in [0.29, 0.717) is 5.56 Å². The minimum atomic E-state index is -4.95. The predicted molar refractivity (Wildman–Crippen MR) is 128 cm³/mol. The van der Waals surface area contributed by atoms with Gasteiger partial charge in [0.15, 0.2) is 0 Å². The molecule has 16 heteroatoms. The molecule has 0 aliphatic carbocycles. The molecule has 0 aromatic heterocycles. The Bertz CT molecular complexity index is 1140. The number of benzene rings is 1. The molecule has 2 rings (SSSR count). The first-order valence-electron chi connectivity index (χ1n) is 11.0. The summed E-state index contributed by atoms with van der Waals surface area (Å²) in [4.78, 5) is 47.3. The third-order valence-corrected chi connectivity index (χ3v) is 7.21. The van der Waals surface area contributed by atoms with Crippen molar-refractivity contribution < 1.29 is 60.1 Å². The molecule has 210 valence electrons. The second-order valence-corrected chi connectivity index (χ2v) is 11.3. The van der Waals surface area contributed by atoms with E-state index in [2.05, 4.69) is 9.44 Å². The van der Waals surface area contributed by atoms with E-state index in [0.717, 1.165) is 27.7 Å². The number of ether oxygens (including phenoxy) is 5. The molecule has 0 bridgehead atoms. The fraction of sp³-hybridized carbons (Fsp3) is 0.500. The molecule has 1 aromatic carbocycles. The molecule has 14 nitrogen and oxygen atoms in total. The SMILES string of the molecule is CC(=O)OC[C@H]1O[C@@H]([Se]/C(Cc2ccccc2)=N\OS(=O)(=O)O)[C@H](OC(C)=O)[C@@H](OC(C)=O)[C@@H]1OC(C)=O. The van der Waals surface area contributed by atoms with Gasteiger partial charge in [0.2, 0.25) is 0 Å². The van der Waals surface area contributed by atoms with Gasteiger partial charge in [-0.1, -0.05) is 0 Å². The topological polar surface area (TPSA) is 190 Å². The second-order valence-electron chi connectivity index (χ2n) is 7.84. The van der Waals surface area contributed by atoms with Crippen molar-refractivity contribution in [1.82, 2.24) is 0 Å². The monoisotopic (exact) mass is 625 g/mol. The zero-order valence-corrected chi connectivity index (χ0v) is 23.3. The van der Waals surface area contributed by atoms with Crippen molar-refractivity contribution in [2.45, 2.75) is 63.5 Å². The quantitative estimate of drug-likeness (QED) is 0.0875. The first kappa shape index (κ1) is 31.2. The van der Waals surface area contributed by atoms with Crippen molar-refractivity contribution >= 4 is 53.8 Å². The molecule has 1 fully saturated rings. The van der Waals surface area contributed by atoms with Gasteiger partial charge in [0.05, 0.1) is 0 Å². The number of nitrogens with zero attached hydrogens (tertiary/aromatic N) is 1. The van der Waals surface area contributed by atoms with Crippen LogP contribution in [0.4, 0.5) is 0 Å². The molecule has 1 saturated heterocycles. The van der Waals surface area contributed by atoms with E-state index in [1.54, 1.807) is 30.3 Å². The zero-order chi connectivity index (χ0) is 28.5. The number of carbonyl (C=O) groups excluding carboxylic acids is 4. The molecule has 1 aromatic rings. The molecule has 1 N–H and O–H groups in total. The van der Waals surface area contributed by atoms with Crippen LogP contribution in [0.1, 0.15) is 33.3 Å². The third-order valence-electron chi connectivity index (χ3n) is 4.63. The fourth-order valence-corrected chi connectivity index (χ4v) is 6.06. The molecular weight excluding hydrogens is 597 g/mol. The Morgan fingerprint density at radius 2 is 1.45 bits per heavy atom. The van der Waals surface area contributed by atoms with Crippen LogP contribution in [0.2, 0.25) is 0 Å². The van der Waals surface area contributed by atoms with E-state index in [4.69, 9.17) is 28.2 Å². The molecule has 1 aliphatic rings. The summed E-state index contributed by atoms with van der Waals surface area (Å²) in [6, 6.07) is 8.69.